The first-order valence-corrected chi connectivity index (χ1v) is 9.97. The van der Waals surface area contributed by atoms with E-state index in [0.29, 0.717) is 6.16 Å². The Hall–Kier alpha value is -2.51. The summed E-state index contributed by atoms with van der Waals surface area (Å²) in [5, 5.41) is 1.64. The zero-order valence-corrected chi connectivity index (χ0v) is 15.3. The summed E-state index contributed by atoms with van der Waals surface area (Å²) < 4.78 is 24.6. The van der Waals surface area contributed by atoms with E-state index in [2.05, 4.69) is 0 Å². The van der Waals surface area contributed by atoms with E-state index in [1.165, 1.54) is 0 Å². The zero-order chi connectivity index (χ0) is 17.7. The largest absolute Gasteiger partial charge is 0.497 e. The van der Waals surface area contributed by atoms with Gasteiger partial charge in [0.15, 0.2) is 0 Å². The second-order valence-electron chi connectivity index (χ2n) is 5.78. The van der Waals surface area contributed by atoms with Crippen LogP contribution in [0.4, 0.5) is 0 Å². The van der Waals surface area contributed by atoms with Crippen LogP contribution in [-0.2, 0) is 10.7 Å². The van der Waals surface area contributed by atoms with E-state index in [-0.39, 0.29) is 0 Å². The molecular weight excluding hydrogens is 331 g/mol. The molecule has 0 fully saturated rings. The fourth-order valence-corrected chi connectivity index (χ4v) is 5.47. The van der Waals surface area contributed by atoms with Crippen LogP contribution in [0.2, 0.25) is 0 Å². The third-order valence-corrected chi connectivity index (χ3v) is 7.30. The van der Waals surface area contributed by atoms with Gasteiger partial charge in [-0.2, -0.15) is 0 Å². The van der Waals surface area contributed by atoms with E-state index in [0.717, 1.165) is 27.7 Å². The highest BCUT2D eigenvalue weighted by atomic mass is 31.2. The lowest BCUT2D eigenvalue weighted by Gasteiger charge is -2.20. The highest BCUT2D eigenvalue weighted by Crippen LogP contribution is 2.47. The van der Waals surface area contributed by atoms with Gasteiger partial charge in [0.2, 0.25) is 0 Å². The molecule has 25 heavy (non-hydrogen) atoms. The van der Waals surface area contributed by atoms with E-state index < -0.39 is 7.14 Å². The second-order valence-corrected chi connectivity index (χ2v) is 8.61. The number of hydrogen-bond donors (Lipinski definition) is 0. The highest BCUT2D eigenvalue weighted by molar-refractivity contribution is 7.78. The van der Waals surface area contributed by atoms with Crippen molar-refractivity contribution in [3.05, 3.63) is 84.4 Å². The summed E-state index contributed by atoms with van der Waals surface area (Å²) in [4.78, 5) is 0. The molecule has 0 bridgehead atoms. The van der Waals surface area contributed by atoms with E-state index in [1.54, 1.807) is 14.2 Å². The molecule has 0 atom stereocenters. The fourth-order valence-electron chi connectivity index (χ4n) is 2.82. The Morgan fingerprint density at radius 1 is 0.680 bits per heavy atom. The minimum Gasteiger partial charge on any atom is -0.497 e. The Morgan fingerprint density at radius 2 is 1.12 bits per heavy atom. The molecule has 0 aromatic heterocycles. The van der Waals surface area contributed by atoms with Gasteiger partial charge in [0.1, 0.15) is 18.6 Å². The number of benzene rings is 3. The zero-order valence-electron chi connectivity index (χ0n) is 14.4. The van der Waals surface area contributed by atoms with Crippen LogP contribution in [0, 0.1) is 0 Å². The normalized spacial score (nSPS) is 11.1. The van der Waals surface area contributed by atoms with Crippen molar-refractivity contribution in [1.29, 1.82) is 0 Å². The lowest BCUT2D eigenvalue weighted by molar-refractivity contribution is 0.415. The minimum absolute atomic E-state index is 0.479. The Bertz CT molecular complexity index is 804. The molecule has 128 valence electrons. The first-order chi connectivity index (χ1) is 12.2. The van der Waals surface area contributed by atoms with Crippen molar-refractivity contribution >= 4 is 17.8 Å². The maximum atomic E-state index is 14.1. The van der Waals surface area contributed by atoms with Crippen LogP contribution < -0.4 is 20.1 Å². The summed E-state index contributed by atoms with van der Waals surface area (Å²) in [7, 11) is 0.436. The topological polar surface area (TPSA) is 35.5 Å². The molecule has 3 aromatic carbocycles. The molecule has 3 aromatic rings. The predicted octanol–water partition coefficient (Wildman–Crippen LogP) is 4.22. The summed E-state index contributed by atoms with van der Waals surface area (Å²) in [5.41, 5.74) is 1.05. The average Bonchev–Trinajstić information content (AvgIpc) is 2.69. The first-order valence-electron chi connectivity index (χ1n) is 8.08. The number of rotatable bonds is 6. The van der Waals surface area contributed by atoms with Crippen molar-refractivity contribution < 1.29 is 14.0 Å². The molecule has 0 saturated carbocycles. The molecule has 3 nitrogen and oxygen atoms in total. The standard InChI is InChI=1S/C21H21O3P/c1-23-18-8-12-20(13-9-18)25(22,16-17-6-4-3-5-7-17)21-14-10-19(24-2)11-15-21/h3-15H,16H2,1-2H3. The Morgan fingerprint density at radius 3 is 1.52 bits per heavy atom. The van der Waals surface area contributed by atoms with E-state index in [4.69, 9.17) is 9.47 Å². The van der Waals surface area contributed by atoms with Crippen LogP contribution in [0.25, 0.3) is 0 Å². The van der Waals surface area contributed by atoms with Crippen LogP contribution in [-0.4, -0.2) is 14.2 Å². The molecule has 0 unspecified atom stereocenters. The van der Waals surface area contributed by atoms with Gasteiger partial charge in [-0.3, -0.25) is 0 Å². The molecule has 0 aliphatic carbocycles. The van der Waals surface area contributed by atoms with Crippen LogP contribution in [0.5, 0.6) is 11.5 Å². The van der Waals surface area contributed by atoms with Crippen molar-refractivity contribution in [3.8, 4) is 11.5 Å². The molecule has 0 radical (unpaired) electrons. The molecule has 3 rings (SSSR count). The number of hydrogen-bond acceptors (Lipinski definition) is 3. The van der Waals surface area contributed by atoms with Gasteiger partial charge in [0.25, 0.3) is 0 Å². The van der Waals surface area contributed by atoms with Gasteiger partial charge in [-0.15, -0.1) is 0 Å². The molecule has 0 aliphatic heterocycles. The van der Waals surface area contributed by atoms with Gasteiger partial charge in [-0.05, 0) is 54.1 Å². The summed E-state index contributed by atoms with van der Waals surface area (Å²) in [6, 6.07) is 25.0. The highest BCUT2D eigenvalue weighted by Gasteiger charge is 2.27. The van der Waals surface area contributed by atoms with E-state index in [1.807, 2.05) is 78.9 Å². The Balaban J connectivity index is 2.07. The number of methoxy groups -OCH3 is 2. The smallest absolute Gasteiger partial charge is 0.147 e. The third kappa shape index (κ3) is 3.78. The van der Waals surface area contributed by atoms with E-state index in [9.17, 15) is 4.57 Å². The summed E-state index contributed by atoms with van der Waals surface area (Å²) in [6.45, 7) is 0. The van der Waals surface area contributed by atoms with Gasteiger partial charge in [-0.25, -0.2) is 0 Å². The minimum atomic E-state index is -2.82. The second kappa shape index (κ2) is 7.58. The molecule has 0 saturated heterocycles. The van der Waals surface area contributed by atoms with Crippen LogP contribution in [0.3, 0.4) is 0 Å². The van der Waals surface area contributed by atoms with Gasteiger partial charge in [0, 0.05) is 16.8 Å². The summed E-state index contributed by atoms with van der Waals surface area (Å²) in [6.07, 6.45) is 0.479. The fraction of sp³-hybridized carbons (Fsp3) is 0.143. The van der Waals surface area contributed by atoms with Gasteiger partial charge >= 0.3 is 0 Å². The maximum Gasteiger partial charge on any atom is 0.147 e. The lowest BCUT2D eigenvalue weighted by atomic mass is 10.2. The van der Waals surface area contributed by atoms with Gasteiger partial charge < -0.3 is 14.0 Å². The maximum absolute atomic E-state index is 14.1. The third-order valence-electron chi connectivity index (χ3n) is 4.23. The molecular formula is C21H21O3P. The SMILES string of the molecule is COc1ccc(P(=O)(Cc2ccccc2)c2ccc(OC)cc2)cc1. The Labute approximate surface area is 148 Å². The van der Waals surface area contributed by atoms with Gasteiger partial charge in [0.05, 0.1) is 14.2 Å². The van der Waals surface area contributed by atoms with Crippen molar-refractivity contribution in [2.45, 2.75) is 6.16 Å². The molecule has 4 heteroatoms. The Kier molecular flexibility index (Phi) is 5.25. The summed E-state index contributed by atoms with van der Waals surface area (Å²) >= 11 is 0. The first kappa shape index (κ1) is 17.3. The predicted molar refractivity (Wildman–Crippen MR) is 103 cm³/mol. The van der Waals surface area contributed by atoms with Crippen LogP contribution in [0.1, 0.15) is 5.56 Å². The quantitative estimate of drug-likeness (QED) is 0.623. The van der Waals surface area contributed by atoms with Crippen molar-refractivity contribution in [3.63, 3.8) is 0 Å². The lowest BCUT2D eigenvalue weighted by Crippen LogP contribution is -2.17. The van der Waals surface area contributed by atoms with E-state index >= 15 is 0 Å². The molecule has 0 spiro atoms. The van der Waals surface area contributed by atoms with Crippen molar-refractivity contribution in [1.82, 2.24) is 0 Å². The van der Waals surface area contributed by atoms with Crippen molar-refractivity contribution in [2.75, 3.05) is 14.2 Å². The molecule has 0 aliphatic rings. The molecule has 0 heterocycles. The monoisotopic (exact) mass is 352 g/mol. The summed E-state index contributed by atoms with van der Waals surface area (Å²) in [5.74, 6) is 1.51. The van der Waals surface area contributed by atoms with Crippen molar-refractivity contribution in [2.24, 2.45) is 0 Å². The van der Waals surface area contributed by atoms with Crippen LogP contribution >= 0.6 is 7.14 Å². The van der Waals surface area contributed by atoms with Gasteiger partial charge in [-0.1, -0.05) is 30.3 Å². The van der Waals surface area contributed by atoms with Crippen LogP contribution in [0.15, 0.2) is 78.9 Å². The average molecular weight is 352 g/mol. The number of ether oxygens (including phenoxy) is 2. The molecule has 0 amide bonds. The molecule has 0 N–H and O–H groups in total.